The van der Waals surface area contributed by atoms with Crippen molar-refractivity contribution in [2.24, 2.45) is 23.0 Å². The van der Waals surface area contributed by atoms with Crippen LogP contribution in [-0.4, -0.2) is 56.7 Å². The summed E-state index contributed by atoms with van der Waals surface area (Å²) in [5.74, 6) is 1.18. The Labute approximate surface area is 165 Å². The van der Waals surface area contributed by atoms with Crippen LogP contribution in [-0.2, 0) is 15.1 Å². The molecule has 0 aromatic carbocycles. The highest BCUT2D eigenvalue weighted by atomic mass is 16.2. The Balaban J connectivity index is 1.47. The average molecular weight is 387 g/mol. The Morgan fingerprint density at radius 1 is 1.21 bits per heavy atom. The van der Waals surface area contributed by atoms with E-state index in [1.54, 1.807) is 11.2 Å². The molecule has 0 spiro atoms. The molecule has 0 radical (unpaired) electrons. The van der Waals surface area contributed by atoms with Gasteiger partial charge in [0.1, 0.15) is 18.7 Å². The Kier molecular flexibility index (Phi) is 4.05. The molecule has 1 saturated heterocycles. The summed E-state index contributed by atoms with van der Waals surface area (Å²) in [5, 5.41) is 7.36. The van der Waals surface area contributed by atoms with Crippen LogP contribution in [0, 0.1) is 17.3 Å². The van der Waals surface area contributed by atoms with Gasteiger partial charge in [-0.1, -0.05) is 0 Å². The summed E-state index contributed by atoms with van der Waals surface area (Å²) in [7, 11) is 0. The fourth-order valence-electron chi connectivity index (χ4n) is 7.12. The first-order valence-corrected chi connectivity index (χ1v) is 10.6. The molecule has 4 saturated carbocycles. The molecule has 152 valence electrons. The lowest BCUT2D eigenvalue weighted by Crippen LogP contribution is -2.62. The summed E-state index contributed by atoms with van der Waals surface area (Å²) in [6.07, 6.45) is 10.0. The lowest BCUT2D eigenvalue weighted by Gasteiger charge is -2.61. The molecule has 4 aliphatic carbocycles. The van der Waals surface area contributed by atoms with Crippen molar-refractivity contribution in [1.29, 1.82) is 0 Å². The van der Waals surface area contributed by atoms with Gasteiger partial charge in [-0.3, -0.25) is 9.59 Å². The van der Waals surface area contributed by atoms with E-state index in [0.29, 0.717) is 31.3 Å². The van der Waals surface area contributed by atoms with Crippen LogP contribution < -0.4 is 11.1 Å². The molecular weight excluding hydrogens is 356 g/mol. The second-order valence-electron chi connectivity index (χ2n) is 9.67. The molecule has 4 atom stereocenters. The molecule has 4 bridgehead atoms. The Morgan fingerprint density at radius 2 is 1.96 bits per heavy atom. The zero-order valence-corrected chi connectivity index (χ0v) is 16.5. The number of hydrogen-bond donors (Lipinski definition) is 2. The molecule has 8 heteroatoms. The maximum Gasteiger partial charge on any atom is 0.242 e. The third-order valence-electron chi connectivity index (χ3n) is 7.64. The highest BCUT2D eigenvalue weighted by molar-refractivity contribution is 5.91. The molecule has 5 aliphatic rings. The predicted molar refractivity (Wildman–Crippen MR) is 102 cm³/mol. The van der Waals surface area contributed by atoms with Gasteiger partial charge in [-0.2, -0.15) is 5.10 Å². The number of rotatable bonds is 4. The van der Waals surface area contributed by atoms with Gasteiger partial charge in [0.2, 0.25) is 11.8 Å². The molecule has 2 amide bonds. The summed E-state index contributed by atoms with van der Waals surface area (Å²) < 4.78 is 2.02. The van der Waals surface area contributed by atoms with Gasteiger partial charge in [0.15, 0.2) is 0 Å². The van der Waals surface area contributed by atoms with E-state index in [1.165, 1.54) is 6.42 Å². The summed E-state index contributed by atoms with van der Waals surface area (Å²) >= 11 is 0. The van der Waals surface area contributed by atoms with Crippen LogP contribution in [0.1, 0.15) is 51.9 Å². The van der Waals surface area contributed by atoms with Gasteiger partial charge in [0.05, 0.1) is 11.0 Å². The molecule has 5 fully saturated rings. The van der Waals surface area contributed by atoms with E-state index in [0.717, 1.165) is 32.1 Å². The van der Waals surface area contributed by atoms with Crippen LogP contribution >= 0.6 is 0 Å². The van der Waals surface area contributed by atoms with E-state index in [4.69, 9.17) is 5.73 Å². The smallest absolute Gasteiger partial charge is 0.242 e. The number of hydrogen-bond acceptors (Lipinski definition) is 5. The maximum atomic E-state index is 13.9. The fourth-order valence-corrected chi connectivity index (χ4v) is 7.12. The first-order valence-electron chi connectivity index (χ1n) is 10.6. The van der Waals surface area contributed by atoms with E-state index in [1.807, 2.05) is 17.9 Å². The fraction of sp³-hybridized carbons (Fsp3) is 0.800. The van der Waals surface area contributed by atoms with Crippen LogP contribution in [0.5, 0.6) is 0 Å². The van der Waals surface area contributed by atoms with Crippen LogP contribution in [0.2, 0.25) is 0 Å². The minimum atomic E-state index is -0.433. The summed E-state index contributed by atoms with van der Waals surface area (Å²) in [5.41, 5.74) is 5.70. The summed E-state index contributed by atoms with van der Waals surface area (Å²) in [4.78, 5) is 32.5. The molecular formula is C20H30N6O2. The zero-order chi connectivity index (χ0) is 19.5. The molecule has 28 heavy (non-hydrogen) atoms. The van der Waals surface area contributed by atoms with E-state index in [2.05, 4.69) is 15.4 Å². The lowest BCUT2D eigenvalue weighted by atomic mass is 9.46. The Hall–Kier alpha value is -1.96. The van der Waals surface area contributed by atoms with E-state index < -0.39 is 6.04 Å². The van der Waals surface area contributed by atoms with Gasteiger partial charge < -0.3 is 16.0 Å². The predicted octanol–water partition coefficient (Wildman–Crippen LogP) is 0.638. The molecule has 1 aliphatic heterocycles. The van der Waals surface area contributed by atoms with Crippen molar-refractivity contribution in [1.82, 2.24) is 25.0 Å². The van der Waals surface area contributed by atoms with Crippen molar-refractivity contribution < 1.29 is 9.59 Å². The second-order valence-corrected chi connectivity index (χ2v) is 9.67. The number of nitrogens with two attached hydrogens (primary N) is 1. The molecule has 8 nitrogen and oxygen atoms in total. The third-order valence-corrected chi connectivity index (χ3v) is 7.64. The number of likely N-dealkylation sites (N-methyl/N-ethyl adjacent to an activating group) is 1. The Morgan fingerprint density at radius 3 is 2.61 bits per heavy atom. The first kappa shape index (κ1) is 18.1. The van der Waals surface area contributed by atoms with E-state index in [9.17, 15) is 9.59 Å². The molecule has 2 heterocycles. The molecule has 3 N–H and O–H groups in total. The van der Waals surface area contributed by atoms with Crippen LogP contribution in [0.4, 0.5) is 0 Å². The zero-order valence-electron chi connectivity index (χ0n) is 16.5. The minimum absolute atomic E-state index is 0.0699. The van der Waals surface area contributed by atoms with Crippen LogP contribution in [0.3, 0.4) is 0 Å². The monoisotopic (exact) mass is 386 g/mol. The van der Waals surface area contributed by atoms with Crippen molar-refractivity contribution in [3.8, 4) is 0 Å². The van der Waals surface area contributed by atoms with Gasteiger partial charge in [-0.15, -0.1) is 0 Å². The van der Waals surface area contributed by atoms with Gasteiger partial charge in [-0.05, 0) is 63.7 Å². The number of nitrogens with one attached hydrogen (secondary N) is 1. The highest BCUT2D eigenvalue weighted by Crippen LogP contribution is 2.64. The van der Waals surface area contributed by atoms with Gasteiger partial charge >= 0.3 is 0 Å². The molecule has 6 rings (SSSR count). The van der Waals surface area contributed by atoms with Crippen LogP contribution in [0.15, 0.2) is 12.7 Å². The Bertz CT molecular complexity index is 764. The number of carbonyl (C=O) groups is 2. The summed E-state index contributed by atoms with van der Waals surface area (Å²) in [6.45, 7) is 2.95. The van der Waals surface area contributed by atoms with Crippen molar-refractivity contribution >= 4 is 11.8 Å². The SMILES string of the molecule is CCNC(=O)[C@@H]1C[C@@H](N)CN1C(=O)C12C[C@@H]3C[C@@H](C1)CC(n1cncn1)(C3)C2. The minimum Gasteiger partial charge on any atom is -0.355 e. The first-order chi connectivity index (χ1) is 13.4. The lowest BCUT2D eigenvalue weighted by molar-refractivity contribution is -0.168. The van der Waals surface area contributed by atoms with Crippen LogP contribution in [0.25, 0.3) is 0 Å². The number of likely N-dealkylation sites (tertiary alicyclic amines) is 1. The standard InChI is InChI=1S/C20H30N6O2/c1-2-23-17(27)16-4-15(21)9-25(16)18(28)19-5-13-3-14(6-19)8-20(7-13,10-19)26-12-22-11-24-26/h11-16H,2-10,21H2,1H3,(H,23,27)/t13-,14-,15+,16-,19?,20?/m0/s1. The van der Waals surface area contributed by atoms with Crippen molar-refractivity contribution in [3.05, 3.63) is 12.7 Å². The number of carbonyl (C=O) groups excluding carboxylic acids is 2. The molecule has 1 aromatic rings. The number of nitrogens with zero attached hydrogens (tertiary/aromatic N) is 4. The average Bonchev–Trinajstić information content (AvgIpc) is 3.30. The quantitative estimate of drug-likeness (QED) is 0.790. The van der Waals surface area contributed by atoms with Gasteiger partial charge in [0, 0.05) is 19.1 Å². The topological polar surface area (TPSA) is 106 Å². The largest absolute Gasteiger partial charge is 0.355 e. The number of aromatic nitrogens is 3. The normalized spacial score (nSPS) is 41.4. The molecule has 0 unspecified atom stereocenters. The molecule has 1 aromatic heterocycles. The van der Waals surface area contributed by atoms with Crippen molar-refractivity contribution in [2.75, 3.05) is 13.1 Å². The number of amides is 2. The highest BCUT2D eigenvalue weighted by Gasteiger charge is 2.63. The third kappa shape index (κ3) is 2.60. The van der Waals surface area contributed by atoms with Gasteiger partial charge in [0.25, 0.3) is 0 Å². The second kappa shape index (κ2) is 6.27. The summed E-state index contributed by atoms with van der Waals surface area (Å²) in [6, 6.07) is -0.562. The van der Waals surface area contributed by atoms with Crippen molar-refractivity contribution in [3.63, 3.8) is 0 Å². The van der Waals surface area contributed by atoms with E-state index >= 15 is 0 Å². The van der Waals surface area contributed by atoms with Gasteiger partial charge in [-0.25, -0.2) is 9.67 Å². The maximum absolute atomic E-state index is 13.9. The van der Waals surface area contributed by atoms with Crippen molar-refractivity contribution in [2.45, 2.75) is 69.5 Å². The van der Waals surface area contributed by atoms with E-state index in [-0.39, 0.29) is 28.8 Å².